The van der Waals surface area contributed by atoms with E-state index in [1.165, 1.54) is 6.26 Å². The van der Waals surface area contributed by atoms with Crippen LogP contribution >= 0.6 is 0 Å². The number of carbonyl (C=O) groups is 1. The summed E-state index contributed by atoms with van der Waals surface area (Å²) in [7, 11) is 0. The predicted octanol–water partition coefficient (Wildman–Crippen LogP) is 2.70. The van der Waals surface area contributed by atoms with Crippen LogP contribution in [0.2, 0.25) is 0 Å². The van der Waals surface area contributed by atoms with E-state index in [-0.39, 0.29) is 17.6 Å². The number of anilines is 1. The Hall–Kier alpha value is -2.63. The molecule has 6 nitrogen and oxygen atoms in total. The fourth-order valence-electron chi connectivity index (χ4n) is 1.98. The molecule has 0 aromatic carbocycles. The van der Waals surface area contributed by atoms with E-state index >= 15 is 0 Å². The van der Waals surface area contributed by atoms with E-state index in [4.69, 9.17) is 4.42 Å². The van der Waals surface area contributed by atoms with Crippen LogP contribution in [0.4, 0.5) is 5.69 Å². The zero-order valence-electron chi connectivity index (χ0n) is 11.2. The Balaban J connectivity index is 1.92. The highest BCUT2D eigenvalue weighted by Crippen LogP contribution is 2.17. The fraction of sp³-hybridized carbons (Fsp3) is 0.214. The molecular formula is C14H14N4O2. The van der Waals surface area contributed by atoms with Crippen molar-refractivity contribution in [3.05, 3.63) is 48.3 Å². The Kier molecular flexibility index (Phi) is 2.98. The van der Waals surface area contributed by atoms with Gasteiger partial charge < -0.3 is 9.73 Å². The predicted molar refractivity (Wildman–Crippen MR) is 73.7 cm³/mol. The first-order valence-electron chi connectivity index (χ1n) is 6.34. The van der Waals surface area contributed by atoms with Gasteiger partial charge in [0.25, 0.3) is 5.91 Å². The van der Waals surface area contributed by atoms with Crippen LogP contribution in [0.15, 0.2) is 41.1 Å². The van der Waals surface area contributed by atoms with Crippen LogP contribution in [-0.4, -0.2) is 20.5 Å². The second-order valence-corrected chi connectivity index (χ2v) is 4.79. The summed E-state index contributed by atoms with van der Waals surface area (Å²) in [5.74, 6) is 1.10. The molecule has 102 valence electrons. The van der Waals surface area contributed by atoms with Gasteiger partial charge in [0, 0.05) is 12.1 Å². The molecule has 0 fully saturated rings. The highest BCUT2D eigenvalue weighted by Gasteiger charge is 2.12. The minimum absolute atomic E-state index is 0.251. The molecule has 20 heavy (non-hydrogen) atoms. The maximum absolute atomic E-state index is 11.9. The van der Waals surface area contributed by atoms with Gasteiger partial charge in [-0.25, -0.2) is 0 Å². The van der Waals surface area contributed by atoms with Gasteiger partial charge >= 0.3 is 0 Å². The summed E-state index contributed by atoms with van der Waals surface area (Å²) in [6, 6.07) is 6.90. The molecular weight excluding hydrogens is 256 g/mol. The Morgan fingerprint density at radius 2 is 2.15 bits per heavy atom. The van der Waals surface area contributed by atoms with Gasteiger partial charge in [0.1, 0.15) is 5.82 Å². The summed E-state index contributed by atoms with van der Waals surface area (Å²) in [4.78, 5) is 11.9. The first-order valence-corrected chi connectivity index (χ1v) is 6.34. The van der Waals surface area contributed by atoms with E-state index < -0.39 is 0 Å². The van der Waals surface area contributed by atoms with Crippen molar-refractivity contribution in [3.8, 4) is 0 Å². The fourth-order valence-corrected chi connectivity index (χ4v) is 1.98. The number of fused-ring (bicyclic) bond motifs is 1. The Morgan fingerprint density at radius 3 is 2.85 bits per heavy atom. The molecule has 0 aliphatic carbocycles. The maximum atomic E-state index is 11.9. The van der Waals surface area contributed by atoms with Crippen LogP contribution in [0.3, 0.4) is 0 Å². The van der Waals surface area contributed by atoms with E-state index in [2.05, 4.69) is 15.5 Å². The lowest BCUT2D eigenvalue weighted by Crippen LogP contribution is -2.11. The number of furan rings is 1. The highest BCUT2D eigenvalue weighted by atomic mass is 16.3. The number of hydrogen-bond donors (Lipinski definition) is 1. The van der Waals surface area contributed by atoms with E-state index in [0.29, 0.717) is 5.69 Å². The molecule has 0 aliphatic heterocycles. The molecule has 0 unspecified atom stereocenters. The minimum atomic E-state index is -0.284. The summed E-state index contributed by atoms with van der Waals surface area (Å²) in [5, 5.41) is 11.0. The topological polar surface area (TPSA) is 72.4 Å². The zero-order chi connectivity index (χ0) is 14.1. The lowest BCUT2D eigenvalue weighted by Gasteiger charge is -2.06. The van der Waals surface area contributed by atoms with E-state index in [1.54, 1.807) is 18.2 Å². The monoisotopic (exact) mass is 270 g/mol. The van der Waals surface area contributed by atoms with Crippen molar-refractivity contribution >= 4 is 17.2 Å². The summed E-state index contributed by atoms with van der Waals surface area (Å²) in [6.07, 6.45) is 3.28. The number of pyridine rings is 1. The standard InChI is InChI=1S/C14H14N4O2/c1-9(2)13-17-16-12-6-5-10(8-18(12)13)15-14(19)11-4-3-7-20-11/h3-9H,1-2H3,(H,15,19). The van der Waals surface area contributed by atoms with E-state index in [1.807, 2.05) is 30.5 Å². The number of carbonyl (C=O) groups excluding carboxylic acids is 1. The van der Waals surface area contributed by atoms with Gasteiger partial charge in [-0.3, -0.25) is 9.20 Å². The minimum Gasteiger partial charge on any atom is -0.459 e. The SMILES string of the molecule is CC(C)c1nnc2ccc(NC(=O)c3ccco3)cn12. The normalized spacial score (nSPS) is 11.2. The van der Waals surface area contributed by atoms with Gasteiger partial charge in [-0.1, -0.05) is 13.8 Å². The number of nitrogens with zero attached hydrogens (tertiary/aromatic N) is 3. The molecule has 1 amide bonds. The van der Waals surface area contributed by atoms with Gasteiger partial charge in [0.15, 0.2) is 11.4 Å². The van der Waals surface area contributed by atoms with Crippen LogP contribution in [0, 0.1) is 0 Å². The highest BCUT2D eigenvalue weighted by molar-refractivity contribution is 6.02. The van der Waals surface area contributed by atoms with Crippen molar-refractivity contribution in [2.45, 2.75) is 19.8 Å². The summed E-state index contributed by atoms with van der Waals surface area (Å²) >= 11 is 0. The van der Waals surface area contributed by atoms with Gasteiger partial charge in [-0.15, -0.1) is 10.2 Å². The van der Waals surface area contributed by atoms with Crippen LogP contribution < -0.4 is 5.32 Å². The average molecular weight is 270 g/mol. The number of amides is 1. The molecule has 0 saturated heterocycles. The molecule has 0 aliphatic rings. The third-order valence-corrected chi connectivity index (χ3v) is 2.95. The van der Waals surface area contributed by atoms with Crippen LogP contribution in [-0.2, 0) is 0 Å². The van der Waals surface area contributed by atoms with Crippen molar-refractivity contribution in [2.24, 2.45) is 0 Å². The average Bonchev–Trinajstić information content (AvgIpc) is 3.07. The lowest BCUT2D eigenvalue weighted by molar-refractivity contribution is 0.0996. The maximum Gasteiger partial charge on any atom is 0.291 e. The first-order chi connectivity index (χ1) is 9.65. The van der Waals surface area contributed by atoms with Crippen molar-refractivity contribution in [1.29, 1.82) is 0 Å². The van der Waals surface area contributed by atoms with Crippen molar-refractivity contribution < 1.29 is 9.21 Å². The molecule has 6 heteroatoms. The lowest BCUT2D eigenvalue weighted by atomic mass is 10.2. The van der Waals surface area contributed by atoms with Crippen molar-refractivity contribution in [1.82, 2.24) is 14.6 Å². The largest absolute Gasteiger partial charge is 0.459 e. The smallest absolute Gasteiger partial charge is 0.291 e. The van der Waals surface area contributed by atoms with E-state index in [9.17, 15) is 4.79 Å². The quantitative estimate of drug-likeness (QED) is 0.794. The first kappa shape index (κ1) is 12.4. The Labute approximate surface area is 115 Å². The molecule has 0 radical (unpaired) electrons. The Bertz CT molecular complexity index is 744. The molecule has 0 bridgehead atoms. The number of rotatable bonds is 3. The number of aromatic nitrogens is 3. The Morgan fingerprint density at radius 1 is 1.30 bits per heavy atom. The summed E-state index contributed by atoms with van der Waals surface area (Å²) in [5.41, 5.74) is 1.42. The third-order valence-electron chi connectivity index (χ3n) is 2.95. The van der Waals surface area contributed by atoms with Crippen LogP contribution in [0.5, 0.6) is 0 Å². The summed E-state index contributed by atoms with van der Waals surface area (Å²) < 4.78 is 6.94. The van der Waals surface area contributed by atoms with Gasteiger partial charge in [0.05, 0.1) is 12.0 Å². The molecule has 1 N–H and O–H groups in total. The van der Waals surface area contributed by atoms with Gasteiger partial charge in [0.2, 0.25) is 0 Å². The zero-order valence-corrected chi connectivity index (χ0v) is 11.2. The van der Waals surface area contributed by atoms with E-state index in [0.717, 1.165) is 11.5 Å². The van der Waals surface area contributed by atoms with Crippen molar-refractivity contribution in [3.63, 3.8) is 0 Å². The second kappa shape index (κ2) is 4.80. The molecule has 0 spiro atoms. The molecule has 3 rings (SSSR count). The molecule has 3 heterocycles. The molecule has 3 aromatic heterocycles. The molecule has 0 saturated carbocycles. The third kappa shape index (κ3) is 2.16. The number of hydrogen-bond acceptors (Lipinski definition) is 4. The van der Waals surface area contributed by atoms with Crippen LogP contribution in [0.25, 0.3) is 5.65 Å². The molecule has 3 aromatic rings. The van der Waals surface area contributed by atoms with Gasteiger partial charge in [-0.05, 0) is 24.3 Å². The van der Waals surface area contributed by atoms with Crippen molar-refractivity contribution in [2.75, 3.05) is 5.32 Å². The summed E-state index contributed by atoms with van der Waals surface area (Å²) in [6.45, 7) is 4.09. The number of nitrogens with one attached hydrogen (secondary N) is 1. The second-order valence-electron chi connectivity index (χ2n) is 4.79. The molecule has 0 atom stereocenters. The van der Waals surface area contributed by atoms with Gasteiger partial charge in [-0.2, -0.15) is 0 Å². The van der Waals surface area contributed by atoms with Crippen LogP contribution in [0.1, 0.15) is 36.1 Å².